The van der Waals surface area contributed by atoms with Crippen molar-refractivity contribution in [1.82, 2.24) is 9.38 Å². The first-order valence-corrected chi connectivity index (χ1v) is 9.68. The zero-order valence-corrected chi connectivity index (χ0v) is 14.1. The molecule has 1 aliphatic heterocycles. The van der Waals surface area contributed by atoms with Crippen molar-refractivity contribution in [3.05, 3.63) is 47.2 Å². The lowest BCUT2D eigenvalue weighted by Gasteiger charge is -2.23. The number of benzene rings is 1. The zero-order chi connectivity index (χ0) is 16.2. The molecule has 0 amide bonds. The lowest BCUT2D eigenvalue weighted by atomic mass is 10.1. The van der Waals surface area contributed by atoms with Gasteiger partial charge >= 0.3 is 0 Å². The van der Waals surface area contributed by atoms with Crippen LogP contribution in [0.3, 0.4) is 0 Å². The smallest absolute Gasteiger partial charge is 0.238 e. The molecule has 0 saturated heterocycles. The SMILES string of the molecule is C[C@H]1Cc2cc(S(N)(=O)=O)ccc2N1Cc1cn2ccsc2n1. The Balaban J connectivity index is 1.67. The van der Waals surface area contributed by atoms with Gasteiger partial charge in [0.15, 0.2) is 4.96 Å². The van der Waals surface area contributed by atoms with E-state index in [0.717, 1.165) is 28.3 Å². The Morgan fingerprint density at radius 3 is 3.00 bits per heavy atom. The molecule has 0 spiro atoms. The number of rotatable bonds is 3. The summed E-state index contributed by atoms with van der Waals surface area (Å²) in [6.07, 6.45) is 4.84. The molecule has 1 aromatic carbocycles. The summed E-state index contributed by atoms with van der Waals surface area (Å²) in [5, 5.41) is 7.23. The minimum atomic E-state index is -3.66. The average Bonchev–Trinajstić information content (AvgIpc) is 3.12. The molecule has 0 radical (unpaired) electrons. The predicted octanol–water partition coefficient (Wildman–Crippen LogP) is 1.99. The summed E-state index contributed by atoms with van der Waals surface area (Å²) in [7, 11) is -3.66. The van der Waals surface area contributed by atoms with Crippen LogP contribution in [0.4, 0.5) is 5.69 Å². The number of imidazole rings is 1. The molecule has 4 rings (SSSR count). The van der Waals surface area contributed by atoms with Crippen LogP contribution in [0, 0.1) is 0 Å². The summed E-state index contributed by atoms with van der Waals surface area (Å²) in [6, 6.07) is 5.40. The van der Waals surface area contributed by atoms with Crippen molar-refractivity contribution in [3.8, 4) is 0 Å². The van der Waals surface area contributed by atoms with Crippen LogP contribution in [0.1, 0.15) is 18.2 Å². The number of nitrogens with zero attached hydrogens (tertiary/aromatic N) is 3. The third kappa shape index (κ3) is 2.52. The Labute approximate surface area is 138 Å². The van der Waals surface area contributed by atoms with E-state index < -0.39 is 10.0 Å². The van der Waals surface area contributed by atoms with E-state index >= 15 is 0 Å². The minimum Gasteiger partial charge on any atom is -0.362 e. The van der Waals surface area contributed by atoms with Crippen LogP contribution in [0.15, 0.2) is 40.9 Å². The number of fused-ring (bicyclic) bond motifs is 2. The molecule has 8 heteroatoms. The minimum absolute atomic E-state index is 0.174. The van der Waals surface area contributed by atoms with Gasteiger partial charge in [-0.05, 0) is 37.1 Å². The highest BCUT2D eigenvalue weighted by atomic mass is 32.2. The number of thiazole rings is 1. The topological polar surface area (TPSA) is 80.7 Å². The van der Waals surface area contributed by atoms with Crippen LogP contribution in [0.5, 0.6) is 0 Å². The Hall–Kier alpha value is -1.90. The maximum absolute atomic E-state index is 11.5. The highest BCUT2D eigenvalue weighted by Gasteiger charge is 2.27. The van der Waals surface area contributed by atoms with Gasteiger partial charge in [0.25, 0.3) is 0 Å². The van der Waals surface area contributed by atoms with Gasteiger partial charge in [-0.15, -0.1) is 11.3 Å². The molecule has 0 bridgehead atoms. The standard InChI is InChI=1S/C15H16N4O2S2/c1-10-6-11-7-13(23(16,20)21)2-3-14(11)19(10)9-12-8-18-4-5-22-15(18)17-12/h2-5,7-8,10H,6,9H2,1H3,(H2,16,20,21)/t10-/m0/s1. The van der Waals surface area contributed by atoms with Crippen LogP contribution in [-0.2, 0) is 23.0 Å². The van der Waals surface area contributed by atoms with Crippen LogP contribution < -0.4 is 10.0 Å². The zero-order valence-electron chi connectivity index (χ0n) is 12.5. The fourth-order valence-electron chi connectivity index (χ4n) is 3.12. The van der Waals surface area contributed by atoms with Gasteiger partial charge in [0.2, 0.25) is 10.0 Å². The van der Waals surface area contributed by atoms with Crippen molar-refractivity contribution in [2.24, 2.45) is 5.14 Å². The molecule has 23 heavy (non-hydrogen) atoms. The van der Waals surface area contributed by atoms with Gasteiger partial charge in [-0.1, -0.05) is 0 Å². The Morgan fingerprint density at radius 2 is 2.26 bits per heavy atom. The van der Waals surface area contributed by atoms with Crippen LogP contribution >= 0.6 is 11.3 Å². The molecule has 6 nitrogen and oxygen atoms in total. The second-order valence-electron chi connectivity index (χ2n) is 5.84. The van der Waals surface area contributed by atoms with Crippen molar-refractivity contribution >= 4 is 32.0 Å². The highest BCUT2D eigenvalue weighted by Crippen LogP contribution is 2.34. The molecule has 0 fully saturated rings. The van der Waals surface area contributed by atoms with E-state index in [4.69, 9.17) is 5.14 Å². The molecule has 0 saturated carbocycles. The maximum atomic E-state index is 11.5. The van der Waals surface area contributed by atoms with Crippen LogP contribution in [0.25, 0.3) is 4.96 Å². The van der Waals surface area contributed by atoms with Crippen molar-refractivity contribution in [2.75, 3.05) is 4.90 Å². The Bertz CT molecular complexity index is 961. The van der Waals surface area contributed by atoms with E-state index in [1.165, 1.54) is 0 Å². The van der Waals surface area contributed by atoms with Gasteiger partial charge in [-0.25, -0.2) is 18.5 Å². The van der Waals surface area contributed by atoms with E-state index in [0.29, 0.717) is 12.6 Å². The van der Waals surface area contributed by atoms with Crippen molar-refractivity contribution in [3.63, 3.8) is 0 Å². The number of anilines is 1. The normalized spacial score (nSPS) is 17.8. The molecule has 0 aliphatic carbocycles. The number of nitrogens with two attached hydrogens (primary N) is 1. The predicted molar refractivity (Wildman–Crippen MR) is 90.2 cm³/mol. The molecule has 120 valence electrons. The van der Waals surface area contributed by atoms with E-state index in [1.54, 1.807) is 23.5 Å². The van der Waals surface area contributed by atoms with Gasteiger partial charge in [-0.3, -0.25) is 4.40 Å². The van der Waals surface area contributed by atoms with Gasteiger partial charge in [0, 0.05) is 29.5 Å². The largest absolute Gasteiger partial charge is 0.362 e. The molecule has 2 aromatic heterocycles. The van der Waals surface area contributed by atoms with Crippen LogP contribution in [0.2, 0.25) is 0 Å². The molecule has 0 unspecified atom stereocenters. The first-order chi connectivity index (χ1) is 10.9. The van der Waals surface area contributed by atoms with Crippen molar-refractivity contribution in [1.29, 1.82) is 0 Å². The van der Waals surface area contributed by atoms with E-state index in [9.17, 15) is 8.42 Å². The van der Waals surface area contributed by atoms with Gasteiger partial charge < -0.3 is 4.90 Å². The second kappa shape index (κ2) is 5.05. The van der Waals surface area contributed by atoms with E-state index in [2.05, 4.69) is 16.8 Å². The molecule has 3 aromatic rings. The van der Waals surface area contributed by atoms with Crippen LogP contribution in [-0.4, -0.2) is 23.8 Å². The third-order valence-electron chi connectivity index (χ3n) is 4.21. The second-order valence-corrected chi connectivity index (χ2v) is 8.28. The average molecular weight is 348 g/mol. The lowest BCUT2D eigenvalue weighted by molar-refractivity contribution is 0.597. The summed E-state index contributed by atoms with van der Waals surface area (Å²) in [5.41, 5.74) is 3.08. The molecular formula is C15H16N4O2S2. The lowest BCUT2D eigenvalue weighted by Crippen LogP contribution is -2.28. The molecule has 1 atom stereocenters. The quantitative estimate of drug-likeness (QED) is 0.785. The number of hydrogen-bond acceptors (Lipinski definition) is 5. The number of sulfonamides is 1. The molecule has 3 heterocycles. The molecule has 2 N–H and O–H groups in total. The Kier molecular flexibility index (Phi) is 3.22. The first-order valence-electron chi connectivity index (χ1n) is 7.25. The number of hydrogen-bond donors (Lipinski definition) is 1. The summed E-state index contributed by atoms with van der Waals surface area (Å²) >= 11 is 1.61. The number of primary sulfonamides is 1. The van der Waals surface area contributed by atoms with Gasteiger partial charge in [0.1, 0.15) is 0 Å². The highest BCUT2D eigenvalue weighted by molar-refractivity contribution is 7.89. The fraction of sp³-hybridized carbons (Fsp3) is 0.267. The fourth-order valence-corrected chi connectivity index (χ4v) is 4.40. The summed E-state index contributed by atoms with van der Waals surface area (Å²) < 4.78 is 25.0. The summed E-state index contributed by atoms with van der Waals surface area (Å²) in [4.78, 5) is 8.04. The maximum Gasteiger partial charge on any atom is 0.238 e. The molecular weight excluding hydrogens is 332 g/mol. The van der Waals surface area contributed by atoms with Gasteiger partial charge in [-0.2, -0.15) is 0 Å². The Morgan fingerprint density at radius 1 is 1.43 bits per heavy atom. The first kappa shape index (κ1) is 14.7. The van der Waals surface area contributed by atoms with Crippen molar-refractivity contribution < 1.29 is 8.42 Å². The third-order valence-corrected chi connectivity index (χ3v) is 5.89. The summed E-state index contributed by atoms with van der Waals surface area (Å²) in [6.45, 7) is 2.84. The van der Waals surface area contributed by atoms with Crippen molar-refractivity contribution in [2.45, 2.75) is 30.8 Å². The van der Waals surface area contributed by atoms with Gasteiger partial charge in [0.05, 0.1) is 17.1 Å². The monoisotopic (exact) mass is 348 g/mol. The van der Waals surface area contributed by atoms with E-state index in [1.807, 2.05) is 28.2 Å². The number of aromatic nitrogens is 2. The molecule has 1 aliphatic rings. The summed E-state index contributed by atoms with van der Waals surface area (Å²) in [5.74, 6) is 0. The van der Waals surface area contributed by atoms with E-state index in [-0.39, 0.29) is 4.90 Å².